The Morgan fingerprint density at radius 3 is 2.88 bits per heavy atom. The first-order chi connectivity index (χ1) is 7.84. The third kappa shape index (κ3) is 1.30. The van der Waals surface area contributed by atoms with Gasteiger partial charge in [-0.3, -0.25) is 9.55 Å². The smallest absolute Gasteiger partial charge is 0.159 e. The molecule has 5 nitrogen and oxygen atoms in total. The van der Waals surface area contributed by atoms with Gasteiger partial charge in [-0.1, -0.05) is 12.1 Å². The van der Waals surface area contributed by atoms with Crippen LogP contribution in [0.15, 0.2) is 43.0 Å². The molecule has 2 aromatic heterocycles. The molecule has 2 heterocycles. The van der Waals surface area contributed by atoms with Crippen molar-refractivity contribution in [2.75, 3.05) is 5.73 Å². The fourth-order valence-electron chi connectivity index (χ4n) is 1.63. The molecule has 0 saturated heterocycles. The van der Waals surface area contributed by atoms with Gasteiger partial charge in [0.25, 0.3) is 0 Å². The zero-order chi connectivity index (χ0) is 11.0. The highest BCUT2D eigenvalue weighted by Crippen LogP contribution is 2.15. The Hall–Kier alpha value is -2.43. The number of nitrogen functional groups attached to an aromatic ring is 1. The fraction of sp³-hybridized carbons (Fsp3) is 0. The summed E-state index contributed by atoms with van der Waals surface area (Å²) in [5.41, 5.74) is 7.51. The molecule has 0 saturated carbocycles. The van der Waals surface area contributed by atoms with Crippen LogP contribution in [-0.2, 0) is 0 Å². The molecule has 78 valence electrons. The molecule has 0 radical (unpaired) electrons. The number of hydrogen-bond acceptors (Lipinski definition) is 4. The number of para-hydroxylation sites is 2. The Balaban J connectivity index is 2.26. The fourth-order valence-corrected chi connectivity index (χ4v) is 1.63. The predicted molar refractivity (Wildman–Crippen MR) is 61.1 cm³/mol. The van der Waals surface area contributed by atoms with E-state index < -0.39 is 0 Å². The van der Waals surface area contributed by atoms with E-state index in [0.717, 1.165) is 11.0 Å². The Morgan fingerprint density at radius 2 is 2.00 bits per heavy atom. The van der Waals surface area contributed by atoms with Gasteiger partial charge in [0.05, 0.1) is 23.4 Å². The van der Waals surface area contributed by atoms with E-state index in [1.165, 1.54) is 6.20 Å². The molecule has 2 N–H and O–H groups in total. The third-order valence-corrected chi connectivity index (χ3v) is 2.34. The Morgan fingerprint density at radius 1 is 1.12 bits per heavy atom. The highest BCUT2D eigenvalue weighted by Gasteiger charge is 2.04. The summed E-state index contributed by atoms with van der Waals surface area (Å²) in [4.78, 5) is 12.5. The van der Waals surface area contributed by atoms with Crippen molar-refractivity contribution in [3.63, 3.8) is 0 Å². The van der Waals surface area contributed by atoms with Crippen molar-refractivity contribution in [2.24, 2.45) is 0 Å². The van der Waals surface area contributed by atoms with Gasteiger partial charge in [0.1, 0.15) is 12.1 Å². The van der Waals surface area contributed by atoms with Crippen LogP contribution >= 0.6 is 0 Å². The van der Waals surface area contributed by atoms with Gasteiger partial charge in [-0.25, -0.2) is 9.97 Å². The lowest BCUT2D eigenvalue weighted by Crippen LogP contribution is -2.00. The van der Waals surface area contributed by atoms with Gasteiger partial charge in [0.2, 0.25) is 0 Å². The van der Waals surface area contributed by atoms with Crippen LogP contribution in [0.3, 0.4) is 0 Å². The second kappa shape index (κ2) is 3.30. The van der Waals surface area contributed by atoms with Crippen molar-refractivity contribution < 1.29 is 0 Å². The van der Waals surface area contributed by atoms with Crippen LogP contribution in [0, 0.1) is 0 Å². The number of imidazole rings is 1. The Labute approximate surface area is 91.6 Å². The van der Waals surface area contributed by atoms with E-state index in [9.17, 15) is 0 Å². The second-order valence-electron chi connectivity index (χ2n) is 3.41. The molecule has 0 aliphatic carbocycles. The Bertz CT molecular complexity index is 643. The molecule has 3 aromatic rings. The summed E-state index contributed by atoms with van der Waals surface area (Å²) < 4.78 is 1.86. The van der Waals surface area contributed by atoms with E-state index in [4.69, 9.17) is 5.73 Å². The van der Waals surface area contributed by atoms with Crippen molar-refractivity contribution in [1.82, 2.24) is 19.5 Å². The monoisotopic (exact) mass is 211 g/mol. The van der Waals surface area contributed by atoms with Crippen molar-refractivity contribution in [3.8, 4) is 5.82 Å². The molecule has 0 fully saturated rings. The minimum absolute atomic E-state index is 0.398. The maximum absolute atomic E-state index is 5.60. The van der Waals surface area contributed by atoms with Crippen LogP contribution in [0.5, 0.6) is 0 Å². The number of rotatable bonds is 1. The number of benzene rings is 1. The molecular weight excluding hydrogens is 202 g/mol. The number of anilines is 1. The maximum atomic E-state index is 5.60. The molecule has 0 atom stereocenters. The predicted octanol–water partition coefficient (Wildman–Crippen LogP) is 1.40. The van der Waals surface area contributed by atoms with Gasteiger partial charge in [-0.15, -0.1) is 0 Å². The highest BCUT2D eigenvalue weighted by atomic mass is 15.1. The molecule has 0 aliphatic heterocycles. The quantitative estimate of drug-likeness (QED) is 0.660. The second-order valence-corrected chi connectivity index (χ2v) is 3.41. The molecule has 0 amide bonds. The zero-order valence-corrected chi connectivity index (χ0v) is 8.41. The first-order valence-electron chi connectivity index (χ1n) is 4.84. The van der Waals surface area contributed by atoms with Crippen LogP contribution < -0.4 is 5.73 Å². The van der Waals surface area contributed by atoms with Gasteiger partial charge < -0.3 is 5.73 Å². The van der Waals surface area contributed by atoms with Crippen molar-refractivity contribution in [2.45, 2.75) is 0 Å². The van der Waals surface area contributed by atoms with Crippen molar-refractivity contribution in [1.29, 1.82) is 0 Å². The van der Waals surface area contributed by atoms with Gasteiger partial charge in [-0.05, 0) is 12.1 Å². The van der Waals surface area contributed by atoms with Crippen LogP contribution in [0.25, 0.3) is 16.9 Å². The summed E-state index contributed by atoms with van der Waals surface area (Å²) in [6, 6.07) is 7.84. The molecule has 0 bridgehead atoms. The molecular formula is C11H9N5. The van der Waals surface area contributed by atoms with E-state index in [1.54, 1.807) is 12.5 Å². The largest absolute Gasteiger partial charge is 0.382 e. The van der Waals surface area contributed by atoms with E-state index >= 15 is 0 Å². The summed E-state index contributed by atoms with van der Waals surface area (Å²) in [7, 11) is 0. The minimum Gasteiger partial charge on any atom is -0.382 e. The number of hydrogen-bond donors (Lipinski definition) is 1. The number of aromatic nitrogens is 4. The maximum Gasteiger partial charge on any atom is 0.159 e. The summed E-state index contributed by atoms with van der Waals surface area (Å²) in [5.74, 6) is 1.07. The molecule has 0 unspecified atom stereocenters. The minimum atomic E-state index is 0.398. The summed E-state index contributed by atoms with van der Waals surface area (Å²) in [6.07, 6.45) is 4.89. The summed E-state index contributed by atoms with van der Waals surface area (Å²) >= 11 is 0. The van der Waals surface area contributed by atoms with Crippen LogP contribution in [-0.4, -0.2) is 19.5 Å². The Kier molecular flexibility index (Phi) is 1.83. The summed E-state index contributed by atoms with van der Waals surface area (Å²) in [6.45, 7) is 0. The molecule has 0 spiro atoms. The average Bonchev–Trinajstić information content (AvgIpc) is 2.72. The number of fused-ring (bicyclic) bond motifs is 1. The van der Waals surface area contributed by atoms with Crippen molar-refractivity contribution >= 4 is 16.9 Å². The molecule has 5 heteroatoms. The molecule has 0 aliphatic rings. The molecule has 1 aromatic carbocycles. The van der Waals surface area contributed by atoms with E-state index in [0.29, 0.717) is 11.6 Å². The van der Waals surface area contributed by atoms with Crippen LogP contribution in [0.1, 0.15) is 0 Å². The molecule has 16 heavy (non-hydrogen) atoms. The first kappa shape index (κ1) is 8.84. The lowest BCUT2D eigenvalue weighted by atomic mass is 10.3. The first-order valence-corrected chi connectivity index (χ1v) is 4.84. The summed E-state index contributed by atoms with van der Waals surface area (Å²) in [5, 5.41) is 0. The third-order valence-electron chi connectivity index (χ3n) is 2.34. The number of nitrogens with zero attached hydrogens (tertiary/aromatic N) is 4. The zero-order valence-electron chi connectivity index (χ0n) is 8.41. The van der Waals surface area contributed by atoms with Gasteiger partial charge >= 0.3 is 0 Å². The van der Waals surface area contributed by atoms with Crippen LogP contribution in [0.4, 0.5) is 5.82 Å². The molecule has 3 rings (SSSR count). The average molecular weight is 211 g/mol. The van der Waals surface area contributed by atoms with Gasteiger partial charge in [-0.2, -0.15) is 0 Å². The lowest BCUT2D eigenvalue weighted by Gasteiger charge is -2.02. The lowest BCUT2D eigenvalue weighted by molar-refractivity contribution is 1.00. The number of nitrogens with two attached hydrogens (primary N) is 1. The topological polar surface area (TPSA) is 69.6 Å². The van der Waals surface area contributed by atoms with Crippen LogP contribution in [0.2, 0.25) is 0 Å². The standard InChI is InChI=1S/C11H9N5/c12-10-5-13-6-11(15-10)16-7-14-8-3-1-2-4-9(8)16/h1-7H,(H2,12,15). The van der Waals surface area contributed by atoms with E-state index in [1.807, 2.05) is 28.8 Å². The highest BCUT2D eigenvalue weighted by molar-refractivity contribution is 5.76. The van der Waals surface area contributed by atoms with Crippen molar-refractivity contribution in [3.05, 3.63) is 43.0 Å². The van der Waals surface area contributed by atoms with E-state index in [2.05, 4.69) is 15.0 Å². The van der Waals surface area contributed by atoms with E-state index in [-0.39, 0.29) is 0 Å². The van der Waals surface area contributed by atoms with Gasteiger partial charge in [0, 0.05) is 0 Å². The SMILES string of the molecule is Nc1cncc(-n2cnc3ccccc32)n1. The van der Waals surface area contributed by atoms with Gasteiger partial charge in [0.15, 0.2) is 5.82 Å². The normalized spacial score (nSPS) is 10.8.